The Balaban J connectivity index is 1.73. The molecule has 1 atom stereocenters. The highest BCUT2D eigenvalue weighted by atomic mass is 16.6. The number of piperidine rings is 1. The fourth-order valence-corrected chi connectivity index (χ4v) is 2.49. The van der Waals surface area contributed by atoms with Gasteiger partial charge < -0.3 is 19.5 Å². The van der Waals surface area contributed by atoms with Crippen molar-refractivity contribution in [3.63, 3.8) is 0 Å². The molecule has 1 N–H and O–H groups in total. The summed E-state index contributed by atoms with van der Waals surface area (Å²) >= 11 is 0. The molecule has 0 aromatic heterocycles. The molecule has 1 aromatic rings. The van der Waals surface area contributed by atoms with E-state index < -0.39 is 5.97 Å². The molecule has 1 amide bonds. The van der Waals surface area contributed by atoms with Crippen molar-refractivity contribution in [2.45, 2.75) is 19.4 Å². The van der Waals surface area contributed by atoms with Gasteiger partial charge in [0.05, 0.1) is 6.61 Å². The predicted molar refractivity (Wildman–Crippen MR) is 79.4 cm³/mol. The van der Waals surface area contributed by atoms with Crippen LogP contribution < -0.4 is 0 Å². The van der Waals surface area contributed by atoms with E-state index in [1.54, 1.807) is 4.90 Å². The zero-order valence-electron chi connectivity index (χ0n) is 12.4. The molecule has 0 radical (unpaired) electrons. The molecule has 6 nitrogen and oxygen atoms in total. The second kappa shape index (κ2) is 8.38. The third kappa shape index (κ3) is 5.37. The second-order valence-electron chi connectivity index (χ2n) is 5.40. The van der Waals surface area contributed by atoms with Gasteiger partial charge >= 0.3 is 12.1 Å². The number of rotatable bonds is 6. The lowest BCUT2D eigenvalue weighted by molar-refractivity contribution is -0.142. The summed E-state index contributed by atoms with van der Waals surface area (Å²) in [4.78, 5) is 24.2. The average molecular weight is 307 g/mol. The predicted octanol–water partition coefficient (Wildman–Crippen LogP) is 2.14. The first-order valence-electron chi connectivity index (χ1n) is 7.40. The molecule has 0 aliphatic carbocycles. The topological polar surface area (TPSA) is 76.1 Å². The summed E-state index contributed by atoms with van der Waals surface area (Å²) in [5.41, 5.74) is 0.953. The van der Waals surface area contributed by atoms with Gasteiger partial charge in [-0.05, 0) is 18.4 Å². The summed E-state index contributed by atoms with van der Waals surface area (Å²) in [6, 6.07) is 9.54. The highest BCUT2D eigenvalue weighted by Crippen LogP contribution is 2.18. The van der Waals surface area contributed by atoms with E-state index in [2.05, 4.69) is 0 Å². The lowest BCUT2D eigenvalue weighted by atomic mass is 9.99. The maximum absolute atomic E-state index is 12.1. The molecule has 1 fully saturated rings. The lowest BCUT2D eigenvalue weighted by Crippen LogP contribution is -2.41. The Morgan fingerprint density at radius 3 is 2.77 bits per heavy atom. The Kier molecular flexibility index (Phi) is 6.21. The molecule has 1 aliphatic heterocycles. The molecule has 0 spiro atoms. The van der Waals surface area contributed by atoms with Gasteiger partial charge in [0.25, 0.3) is 0 Å². The maximum Gasteiger partial charge on any atom is 0.410 e. The molecule has 22 heavy (non-hydrogen) atoms. The van der Waals surface area contributed by atoms with Crippen molar-refractivity contribution in [3.8, 4) is 0 Å². The Hall–Kier alpha value is -2.08. The normalized spacial score (nSPS) is 18.0. The number of likely N-dealkylation sites (tertiary alicyclic amines) is 1. The third-order valence-electron chi connectivity index (χ3n) is 3.56. The number of ether oxygens (including phenoxy) is 2. The molecule has 6 heteroatoms. The number of aliphatic carboxylic acids is 1. The van der Waals surface area contributed by atoms with Crippen molar-refractivity contribution >= 4 is 12.1 Å². The quantitative estimate of drug-likeness (QED) is 0.871. The Morgan fingerprint density at radius 2 is 2.05 bits per heavy atom. The van der Waals surface area contributed by atoms with Crippen LogP contribution in [0.15, 0.2) is 30.3 Å². The Labute approximate surface area is 129 Å². The molecule has 0 saturated carbocycles. The number of nitrogens with zero attached hydrogens (tertiary/aromatic N) is 1. The van der Waals surface area contributed by atoms with Gasteiger partial charge in [-0.25, -0.2) is 9.59 Å². The minimum atomic E-state index is -0.977. The van der Waals surface area contributed by atoms with Crippen molar-refractivity contribution in [1.29, 1.82) is 0 Å². The fraction of sp³-hybridized carbons (Fsp3) is 0.500. The van der Waals surface area contributed by atoms with Gasteiger partial charge in [-0.3, -0.25) is 0 Å². The van der Waals surface area contributed by atoms with E-state index in [-0.39, 0.29) is 25.2 Å². The standard InChI is InChI=1S/C16H21NO5/c18-15(19)12-21-10-14-7-4-8-17(9-14)16(20)22-11-13-5-2-1-3-6-13/h1-3,5-6,14H,4,7-12H2,(H,18,19)/t14-/m1/s1. The second-order valence-corrected chi connectivity index (χ2v) is 5.40. The van der Waals surface area contributed by atoms with Crippen molar-refractivity contribution in [2.75, 3.05) is 26.3 Å². The summed E-state index contributed by atoms with van der Waals surface area (Å²) in [7, 11) is 0. The van der Waals surface area contributed by atoms with Gasteiger partial charge in [0.15, 0.2) is 0 Å². The monoisotopic (exact) mass is 307 g/mol. The summed E-state index contributed by atoms with van der Waals surface area (Å²) in [5, 5.41) is 8.55. The maximum atomic E-state index is 12.1. The van der Waals surface area contributed by atoms with E-state index in [0.29, 0.717) is 19.7 Å². The highest BCUT2D eigenvalue weighted by molar-refractivity contribution is 5.68. The van der Waals surface area contributed by atoms with E-state index in [1.165, 1.54) is 0 Å². The first-order valence-corrected chi connectivity index (χ1v) is 7.40. The smallest absolute Gasteiger partial charge is 0.410 e. The number of hydrogen-bond donors (Lipinski definition) is 1. The van der Waals surface area contributed by atoms with Gasteiger partial charge in [0.1, 0.15) is 13.2 Å². The molecule has 1 aromatic carbocycles. The first kappa shape index (κ1) is 16.3. The summed E-state index contributed by atoms with van der Waals surface area (Å²) < 4.78 is 10.4. The van der Waals surface area contributed by atoms with Crippen LogP contribution in [0.2, 0.25) is 0 Å². The number of carboxylic acid groups (broad SMARTS) is 1. The van der Waals surface area contributed by atoms with Crippen LogP contribution in [0.25, 0.3) is 0 Å². The van der Waals surface area contributed by atoms with E-state index >= 15 is 0 Å². The van der Waals surface area contributed by atoms with Gasteiger partial charge in [0, 0.05) is 19.0 Å². The van der Waals surface area contributed by atoms with Gasteiger partial charge in [-0.15, -0.1) is 0 Å². The van der Waals surface area contributed by atoms with E-state index in [0.717, 1.165) is 18.4 Å². The van der Waals surface area contributed by atoms with Gasteiger partial charge in [-0.1, -0.05) is 30.3 Å². The zero-order valence-corrected chi connectivity index (χ0v) is 12.4. The first-order chi connectivity index (χ1) is 10.6. The molecule has 0 unspecified atom stereocenters. The van der Waals surface area contributed by atoms with E-state index in [1.807, 2.05) is 30.3 Å². The summed E-state index contributed by atoms with van der Waals surface area (Å²) in [6.45, 7) is 1.54. The summed E-state index contributed by atoms with van der Waals surface area (Å²) in [5.74, 6) is -0.813. The molecule has 1 heterocycles. The largest absolute Gasteiger partial charge is 0.480 e. The zero-order chi connectivity index (χ0) is 15.8. The minimum Gasteiger partial charge on any atom is -0.480 e. The number of amides is 1. The highest BCUT2D eigenvalue weighted by Gasteiger charge is 2.25. The van der Waals surface area contributed by atoms with Crippen LogP contribution >= 0.6 is 0 Å². The Bertz CT molecular complexity index is 491. The van der Waals surface area contributed by atoms with Crippen LogP contribution in [0.3, 0.4) is 0 Å². The van der Waals surface area contributed by atoms with Crippen molar-refractivity contribution in [1.82, 2.24) is 4.90 Å². The SMILES string of the molecule is O=C(O)COC[C@@H]1CCCN(C(=O)OCc2ccccc2)C1. The Morgan fingerprint density at radius 1 is 1.27 bits per heavy atom. The molecular formula is C16H21NO5. The summed E-state index contributed by atoms with van der Waals surface area (Å²) in [6.07, 6.45) is 1.48. The van der Waals surface area contributed by atoms with Crippen LogP contribution in [-0.4, -0.2) is 48.4 Å². The van der Waals surface area contributed by atoms with Gasteiger partial charge in [0.2, 0.25) is 0 Å². The van der Waals surface area contributed by atoms with E-state index in [9.17, 15) is 9.59 Å². The van der Waals surface area contributed by atoms with Gasteiger partial charge in [-0.2, -0.15) is 0 Å². The van der Waals surface area contributed by atoms with Crippen molar-refractivity contribution in [2.24, 2.45) is 5.92 Å². The average Bonchev–Trinajstić information content (AvgIpc) is 2.53. The lowest BCUT2D eigenvalue weighted by Gasteiger charge is -2.31. The molecule has 120 valence electrons. The van der Waals surface area contributed by atoms with Crippen LogP contribution in [0.5, 0.6) is 0 Å². The third-order valence-corrected chi connectivity index (χ3v) is 3.56. The minimum absolute atomic E-state index is 0.164. The molecule has 0 bridgehead atoms. The number of hydrogen-bond acceptors (Lipinski definition) is 4. The fourth-order valence-electron chi connectivity index (χ4n) is 2.49. The number of carbonyl (C=O) groups excluding carboxylic acids is 1. The van der Waals surface area contributed by atoms with Crippen LogP contribution in [0.4, 0.5) is 4.79 Å². The number of carbonyl (C=O) groups is 2. The van der Waals surface area contributed by atoms with Crippen LogP contribution in [0, 0.1) is 5.92 Å². The van der Waals surface area contributed by atoms with Crippen LogP contribution in [-0.2, 0) is 20.9 Å². The number of carboxylic acids is 1. The van der Waals surface area contributed by atoms with Crippen molar-refractivity contribution < 1.29 is 24.2 Å². The molecule has 1 saturated heterocycles. The molecule has 2 rings (SSSR count). The van der Waals surface area contributed by atoms with Crippen LogP contribution in [0.1, 0.15) is 18.4 Å². The number of benzene rings is 1. The molecular weight excluding hydrogens is 286 g/mol. The van der Waals surface area contributed by atoms with Crippen molar-refractivity contribution in [3.05, 3.63) is 35.9 Å². The molecule has 1 aliphatic rings. The van der Waals surface area contributed by atoms with E-state index in [4.69, 9.17) is 14.6 Å².